The van der Waals surface area contributed by atoms with Crippen molar-refractivity contribution in [1.82, 2.24) is 14.9 Å². The maximum Gasteiger partial charge on any atom is 0.144 e. The first-order valence-electron chi connectivity index (χ1n) is 6.80. The molecule has 0 radical (unpaired) electrons. The second kappa shape index (κ2) is 7.70. The van der Waals surface area contributed by atoms with Gasteiger partial charge in [-0.25, -0.2) is 9.97 Å². The Bertz CT molecular complexity index is 348. The molecule has 102 valence electrons. The third-order valence-electron chi connectivity index (χ3n) is 3.23. The van der Waals surface area contributed by atoms with E-state index in [1.165, 1.54) is 12.8 Å². The molecule has 0 N–H and O–H groups in total. The molecular weight excluding hydrogens is 246 g/mol. The van der Waals surface area contributed by atoms with Gasteiger partial charge in [-0.1, -0.05) is 31.9 Å². The molecule has 4 heteroatoms. The molecule has 1 aromatic heterocycles. The van der Waals surface area contributed by atoms with Gasteiger partial charge in [0.1, 0.15) is 11.0 Å². The molecule has 0 spiro atoms. The normalized spacial score (nSPS) is 13.0. The fourth-order valence-electron chi connectivity index (χ4n) is 1.92. The molecule has 1 unspecified atom stereocenters. The van der Waals surface area contributed by atoms with E-state index in [4.69, 9.17) is 11.6 Å². The topological polar surface area (TPSA) is 29.0 Å². The number of nitrogens with zero attached hydrogens (tertiary/aromatic N) is 3. The summed E-state index contributed by atoms with van der Waals surface area (Å²) in [4.78, 5) is 11.2. The molecule has 0 saturated heterocycles. The maximum atomic E-state index is 5.98. The van der Waals surface area contributed by atoms with Crippen LogP contribution >= 0.6 is 11.6 Å². The van der Waals surface area contributed by atoms with Crippen LogP contribution < -0.4 is 0 Å². The molecule has 1 heterocycles. The first-order valence-corrected chi connectivity index (χ1v) is 7.18. The summed E-state index contributed by atoms with van der Waals surface area (Å²) in [5, 5.41) is 0.539. The van der Waals surface area contributed by atoms with E-state index in [1.54, 1.807) is 6.07 Å². The Hall–Kier alpha value is -0.670. The second-order valence-electron chi connectivity index (χ2n) is 4.83. The predicted molar refractivity (Wildman–Crippen MR) is 76.9 cm³/mol. The van der Waals surface area contributed by atoms with E-state index in [-0.39, 0.29) is 0 Å². The number of aromatic nitrogens is 2. The maximum absolute atomic E-state index is 5.98. The molecule has 0 bridgehead atoms. The number of hydrogen-bond acceptors (Lipinski definition) is 3. The molecule has 0 amide bonds. The highest BCUT2D eigenvalue weighted by Crippen LogP contribution is 2.12. The SMILES string of the molecule is CCCCN(Cc1nc(C)cc(Cl)n1)C(C)CC. The molecule has 1 atom stereocenters. The highest BCUT2D eigenvalue weighted by Gasteiger charge is 2.14. The first kappa shape index (κ1) is 15.4. The summed E-state index contributed by atoms with van der Waals surface area (Å²) in [6, 6.07) is 2.35. The number of rotatable bonds is 7. The molecular formula is C14H24ClN3. The van der Waals surface area contributed by atoms with E-state index in [0.29, 0.717) is 11.2 Å². The largest absolute Gasteiger partial charge is 0.293 e. The number of hydrogen-bond donors (Lipinski definition) is 0. The van der Waals surface area contributed by atoms with Crippen LogP contribution in [0, 0.1) is 6.92 Å². The zero-order valence-corrected chi connectivity index (χ0v) is 12.7. The monoisotopic (exact) mass is 269 g/mol. The van der Waals surface area contributed by atoms with Crippen LogP contribution in [0.4, 0.5) is 0 Å². The van der Waals surface area contributed by atoms with Crippen molar-refractivity contribution in [2.24, 2.45) is 0 Å². The second-order valence-corrected chi connectivity index (χ2v) is 5.22. The van der Waals surface area contributed by atoms with Gasteiger partial charge >= 0.3 is 0 Å². The Morgan fingerprint density at radius 3 is 2.61 bits per heavy atom. The third-order valence-corrected chi connectivity index (χ3v) is 3.42. The van der Waals surface area contributed by atoms with Crippen LogP contribution in [0.25, 0.3) is 0 Å². The Morgan fingerprint density at radius 1 is 1.33 bits per heavy atom. The molecule has 0 fully saturated rings. The van der Waals surface area contributed by atoms with Crippen molar-refractivity contribution in [1.29, 1.82) is 0 Å². The molecule has 18 heavy (non-hydrogen) atoms. The van der Waals surface area contributed by atoms with Gasteiger partial charge in [0.2, 0.25) is 0 Å². The summed E-state index contributed by atoms with van der Waals surface area (Å²) >= 11 is 5.98. The van der Waals surface area contributed by atoms with E-state index in [2.05, 4.69) is 35.6 Å². The van der Waals surface area contributed by atoms with Gasteiger partial charge in [0.15, 0.2) is 0 Å². The lowest BCUT2D eigenvalue weighted by molar-refractivity contribution is 0.187. The quantitative estimate of drug-likeness (QED) is 0.705. The minimum atomic E-state index is 0.539. The van der Waals surface area contributed by atoms with Crippen LogP contribution in [0.15, 0.2) is 6.07 Å². The fraction of sp³-hybridized carbons (Fsp3) is 0.714. The fourth-order valence-corrected chi connectivity index (χ4v) is 2.17. The van der Waals surface area contributed by atoms with Crippen molar-refractivity contribution in [3.05, 3.63) is 22.7 Å². The van der Waals surface area contributed by atoms with Gasteiger partial charge in [-0.05, 0) is 39.3 Å². The van der Waals surface area contributed by atoms with Crippen LogP contribution in [-0.2, 0) is 6.54 Å². The van der Waals surface area contributed by atoms with Gasteiger partial charge in [-0.3, -0.25) is 4.90 Å². The van der Waals surface area contributed by atoms with Crippen LogP contribution in [0.3, 0.4) is 0 Å². The molecule has 0 aliphatic heterocycles. The van der Waals surface area contributed by atoms with Crippen molar-refractivity contribution in [2.45, 2.75) is 59.5 Å². The van der Waals surface area contributed by atoms with E-state index >= 15 is 0 Å². The molecule has 3 nitrogen and oxygen atoms in total. The zero-order valence-electron chi connectivity index (χ0n) is 11.9. The van der Waals surface area contributed by atoms with E-state index < -0.39 is 0 Å². The summed E-state index contributed by atoms with van der Waals surface area (Å²) in [6.45, 7) is 10.5. The van der Waals surface area contributed by atoms with Crippen molar-refractivity contribution in [2.75, 3.05) is 6.54 Å². The Labute approximate surface area is 116 Å². The highest BCUT2D eigenvalue weighted by molar-refractivity contribution is 6.29. The average Bonchev–Trinajstić information content (AvgIpc) is 2.32. The number of halogens is 1. The minimum Gasteiger partial charge on any atom is -0.293 e. The molecule has 1 rings (SSSR count). The molecule has 0 aliphatic carbocycles. The molecule has 1 aromatic rings. The lowest BCUT2D eigenvalue weighted by atomic mass is 10.2. The summed E-state index contributed by atoms with van der Waals surface area (Å²) in [5.41, 5.74) is 0.935. The summed E-state index contributed by atoms with van der Waals surface area (Å²) < 4.78 is 0. The Kier molecular flexibility index (Phi) is 6.58. The number of unbranched alkanes of at least 4 members (excludes halogenated alkanes) is 1. The minimum absolute atomic E-state index is 0.539. The van der Waals surface area contributed by atoms with Crippen LogP contribution in [0.1, 0.15) is 51.6 Å². The summed E-state index contributed by atoms with van der Waals surface area (Å²) in [5.74, 6) is 0.830. The average molecular weight is 270 g/mol. The standard InChI is InChI=1S/C14H24ClN3/c1-5-7-8-18(12(4)6-2)10-14-16-11(3)9-13(15)17-14/h9,12H,5-8,10H2,1-4H3. The van der Waals surface area contributed by atoms with Crippen LogP contribution in [0.2, 0.25) is 5.15 Å². The van der Waals surface area contributed by atoms with Gasteiger partial charge < -0.3 is 0 Å². The van der Waals surface area contributed by atoms with Crippen LogP contribution in [0.5, 0.6) is 0 Å². The molecule has 0 aliphatic rings. The Morgan fingerprint density at radius 2 is 2.06 bits per heavy atom. The van der Waals surface area contributed by atoms with Gasteiger partial charge in [0.25, 0.3) is 0 Å². The van der Waals surface area contributed by atoms with Crippen LogP contribution in [-0.4, -0.2) is 27.5 Å². The van der Waals surface area contributed by atoms with Gasteiger partial charge in [0.05, 0.1) is 6.54 Å². The third kappa shape index (κ3) is 4.91. The van der Waals surface area contributed by atoms with E-state index in [0.717, 1.165) is 31.0 Å². The summed E-state index contributed by atoms with van der Waals surface area (Å²) in [7, 11) is 0. The van der Waals surface area contributed by atoms with Crippen molar-refractivity contribution >= 4 is 11.6 Å². The van der Waals surface area contributed by atoms with Gasteiger partial charge in [0, 0.05) is 11.7 Å². The number of aryl methyl sites for hydroxylation is 1. The lowest BCUT2D eigenvalue weighted by Crippen LogP contribution is -2.33. The zero-order chi connectivity index (χ0) is 13.5. The van der Waals surface area contributed by atoms with Gasteiger partial charge in [-0.15, -0.1) is 0 Å². The molecule has 0 aromatic carbocycles. The molecule has 0 saturated carbocycles. The van der Waals surface area contributed by atoms with E-state index in [1.807, 2.05) is 6.92 Å². The first-order chi connectivity index (χ1) is 8.56. The van der Waals surface area contributed by atoms with Crippen molar-refractivity contribution < 1.29 is 0 Å². The van der Waals surface area contributed by atoms with Crippen molar-refractivity contribution in [3.63, 3.8) is 0 Å². The van der Waals surface area contributed by atoms with Crippen molar-refractivity contribution in [3.8, 4) is 0 Å². The van der Waals surface area contributed by atoms with E-state index in [9.17, 15) is 0 Å². The smallest absolute Gasteiger partial charge is 0.144 e. The highest BCUT2D eigenvalue weighted by atomic mass is 35.5. The lowest BCUT2D eigenvalue weighted by Gasteiger charge is -2.27. The summed E-state index contributed by atoms with van der Waals surface area (Å²) in [6.07, 6.45) is 3.56. The predicted octanol–water partition coefficient (Wildman–Crippen LogP) is 3.84. The Balaban J connectivity index is 2.74. The van der Waals surface area contributed by atoms with Gasteiger partial charge in [-0.2, -0.15) is 0 Å².